The van der Waals surface area contributed by atoms with E-state index >= 15 is 0 Å². The number of hydrogen-bond acceptors (Lipinski definition) is 4. The Hall–Kier alpha value is -1.73. The van der Waals surface area contributed by atoms with Gasteiger partial charge in [0.1, 0.15) is 17.0 Å². The van der Waals surface area contributed by atoms with Crippen LogP contribution in [0.25, 0.3) is 0 Å². The average Bonchev–Trinajstić information content (AvgIpc) is 2.43. The van der Waals surface area contributed by atoms with E-state index in [9.17, 15) is 0 Å². The van der Waals surface area contributed by atoms with Gasteiger partial charge in [-0.1, -0.05) is 6.07 Å². The van der Waals surface area contributed by atoms with E-state index in [2.05, 4.69) is 11.4 Å². The van der Waals surface area contributed by atoms with Gasteiger partial charge < -0.3 is 14.8 Å². The van der Waals surface area contributed by atoms with E-state index in [1.54, 1.807) is 14.2 Å². The van der Waals surface area contributed by atoms with Crippen LogP contribution in [0.1, 0.15) is 19.8 Å². The smallest absolute Gasteiger partial charge is 0.122 e. The molecule has 0 amide bonds. The number of nitriles is 1. The fourth-order valence-corrected chi connectivity index (χ4v) is 1.54. The molecule has 1 atom stereocenters. The molecule has 4 nitrogen and oxygen atoms in total. The van der Waals surface area contributed by atoms with Crippen LogP contribution in [0.4, 0.5) is 0 Å². The third-order valence-electron chi connectivity index (χ3n) is 2.93. The fraction of sp³-hybridized carbons (Fsp3) is 0.500. The second-order valence-corrected chi connectivity index (χ2v) is 4.32. The molecule has 0 aliphatic carbocycles. The third kappa shape index (κ3) is 4.27. The van der Waals surface area contributed by atoms with Crippen molar-refractivity contribution in [3.63, 3.8) is 0 Å². The van der Waals surface area contributed by atoms with Crippen LogP contribution in [0.3, 0.4) is 0 Å². The topological polar surface area (TPSA) is 54.3 Å². The van der Waals surface area contributed by atoms with Crippen LogP contribution >= 0.6 is 0 Å². The highest BCUT2D eigenvalue weighted by molar-refractivity contribution is 5.32. The predicted octanol–water partition coefficient (Wildman–Crippen LogP) is 2.36. The van der Waals surface area contributed by atoms with E-state index in [4.69, 9.17) is 14.7 Å². The van der Waals surface area contributed by atoms with Gasteiger partial charge in [0.05, 0.1) is 19.8 Å². The minimum atomic E-state index is -0.474. The zero-order valence-electron chi connectivity index (χ0n) is 11.2. The first-order chi connectivity index (χ1) is 8.63. The van der Waals surface area contributed by atoms with Crippen molar-refractivity contribution in [1.82, 2.24) is 5.32 Å². The van der Waals surface area contributed by atoms with E-state index in [1.807, 2.05) is 31.2 Å². The fourth-order valence-electron chi connectivity index (χ4n) is 1.54. The standard InChI is InChI=1S/C14H20N2O2/c1-14(11-15,16-2)8-5-9-18-13-7-4-6-12(10-13)17-3/h4,6-7,10,16H,5,8-9H2,1-3H3. The molecule has 18 heavy (non-hydrogen) atoms. The highest BCUT2D eigenvalue weighted by Gasteiger charge is 2.19. The van der Waals surface area contributed by atoms with Crippen molar-refractivity contribution in [3.8, 4) is 17.6 Å². The van der Waals surface area contributed by atoms with Crippen LogP contribution in [0.5, 0.6) is 11.5 Å². The van der Waals surface area contributed by atoms with Crippen molar-refractivity contribution < 1.29 is 9.47 Å². The molecule has 1 aromatic rings. The van der Waals surface area contributed by atoms with Gasteiger partial charge in [-0.2, -0.15) is 5.26 Å². The molecule has 0 heterocycles. The van der Waals surface area contributed by atoms with Gasteiger partial charge in [-0.25, -0.2) is 0 Å². The van der Waals surface area contributed by atoms with Gasteiger partial charge >= 0.3 is 0 Å². The van der Waals surface area contributed by atoms with Crippen molar-refractivity contribution in [2.75, 3.05) is 20.8 Å². The van der Waals surface area contributed by atoms with Gasteiger partial charge in [0.15, 0.2) is 0 Å². The summed E-state index contributed by atoms with van der Waals surface area (Å²) in [5, 5.41) is 12.0. The first kappa shape index (κ1) is 14.3. The quantitative estimate of drug-likeness (QED) is 0.753. The summed E-state index contributed by atoms with van der Waals surface area (Å²) in [4.78, 5) is 0. The zero-order chi connectivity index (χ0) is 13.4. The molecule has 0 saturated heterocycles. The summed E-state index contributed by atoms with van der Waals surface area (Å²) in [6, 6.07) is 9.77. The van der Waals surface area contributed by atoms with Crippen molar-refractivity contribution in [2.24, 2.45) is 0 Å². The Balaban J connectivity index is 2.36. The van der Waals surface area contributed by atoms with Crippen LogP contribution in [0, 0.1) is 11.3 Å². The lowest BCUT2D eigenvalue weighted by Crippen LogP contribution is -2.38. The molecule has 0 aliphatic heterocycles. The van der Waals surface area contributed by atoms with Gasteiger partial charge in [0, 0.05) is 6.07 Å². The number of methoxy groups -OCH3 is 1. The third-order valence-corrected chi connectivity index (χ3v) is 2.93. The predicted molar refractivity (Wildman–Crippen MR) is 70.8 cm³/mol. The molecule has 98 valence electrons. The second kappa shape index (κ2) is 6.87. The van der Waals surface area contributed by atoms with Crippen LogP contribution in [0.2, 0.25) is 0 Å². The summed E-state index contributed by atoms with van der Waals surface area (Å²) in [5.74, 6) is 1.57. The van der Waals surface area contributed by atoms with E-state index in [1.165, 1.54) is 0 Å². The van der Waals surface area contributed by atoms with Crippen LogP contribution in [0.15, 0.2) is 24.3 Å². The molecule has 0 spiro atoms. The number of hydrogen-bond donors (Lipinski definition) is 1. The van der Waals surface area contributed by atoms with E-state index in [0.717, 1.165) is 24.3 Å². The molecule has 0 saturated carbocycles. The van der Waals surface area contributed by atoms with Gasteiger partial charge in [0.25, 0.3) is 0 Å². The SMILES string of the molecule is CNC(C)(C#N)CCCOc1cccc(OC)c1. The Bertz CT molecular complexity index is 415. The Morgan fingerprint density at radius 3 is 2.72 bits per heavy atom. The summed E-state index contributed by atoms with van der Waals surface area (Å²) in [5.41, 5.74) is -0.474. The highest BCUT2D eigenvalue weighted by Crippen LogP contribution is 2.19. The van der Waals surface area contributed by atoms with Crippen LogP contribution in [-0.2, 0) is 0 Å². The lowest BCUT2D eigenvalue weighted by atomic mass is 9.98. The minimum absolute atomic E-state index is 0.474. The number of rotatable bonds is 7. The molecule has 0 aliphatic rings. The van der Waals surface area contributed by atoms with Crippen molar-refractivity contribution in [1.29, 1.82) is 5.26 Å². The normalized spacial score (nSPS) is 13.4. The molecule has 0 fully saturated rings. The first-order valence-electron chi connectivity index (χ1n) is 6.00. The zero-order valence-corrected chi connectivity index (χ0v) is 11.2. The van der Waals surface area contributed by atoms with Crippen molar-refractivity contribution >= 4 is 0 Å². The molecule has 0 radical (unpaired) electrons. The maximum atomic E-state index is 9.00. The van der Waals surface area contributed by atoms with Gasteiger partial charge in [-0.15, -0.1) is 0 Å². The lowest BCUT2D eigenvalue weighted by molar-refractivity contribution is 0.287. The highest BCUT2D eigenvalue weighted by atomic mass is 16.5. The molecule has 1 unspecified atom stereocenters. The van der Waals surface area contributed by atoms with E-state index in [0.29, 0.717) is 6.61 Å². The Morgan fingerprint density at radius 2 is 2.11 bits per heavy atom. The molecular weight excluding hydrogens is 228 g/mol. The van der Waals surface area contributed by atoms with Crippen molar-refractivity contribution in [3.05, 3.63) is 24.3 Å². The molecular formula is C14H20N2O2. The molecule has 1 aromatic carbocycles. The maximum absolute atomic E-state index is 9.00. The summed E-state index contributed by atoms with van der Waals surface area (Å²) in [6.45, 7) is 2.48. The van der Waals surface area contributed by atoms with Crippen LogP contribution in [-0.4, -0.2) is 26.3 Å². The van der Waals surface area contributed by atoms with Crippen molar-refractivity contribution in [2.45, 2.75) is 25.3 Å². The van der Waals surface area contributed by atoms with Gasteiger partial charge in [-0.05, 0) is 38.9 Å². The number of benzene rings is 1. The summed E-state index contributed by atoms with van der Waals surface area (Å²) >= 11 is 0. The Morgan fingerprint density at radius 1 is 1.39 bits per heavy atom. The lowest BCUT2D eigenvalue weighted by Gasteiger charge is -2.20. The average molecular weight is 248 g/mol. The molecule has 1 rings (SSSR count). The molecule has 0 aromatic heterocycles. The van der Waals surface area contributed by atoms with Gasteiger partial charge in [0.2, 0.25) is 0 Å². The van der Waals surface area contributed by atoms with E-state index in [-0.39, 0.29) is 0 Å². The largest absolute Gasteiger partial charge is 0.497 e. The van der Waals surface area contributed by atoms with Gasteiger partial charge in [-0.3, -0.25) is 0 Å². The second-order valence-electron chi connectivity index (χ2n) is 4.32. The maximum Gasteiger partial charge on any atom is 0.122 e. The summed E-state index contributed by atoms with van der Waals surface area (Å²) in [6.07, 6.45) is 1.58. The first-order valence-corrected chi connectivity index (χ1v) is 6.00. The molecule has 4 heteroatoms. The number of nitrogens with one attached hydrogen (secondary N) is 1. The van der Waals surface area contributed by atoms with E-state index < -0.39 is 5.54 Å². The summed E-state index contributed by atoms with van der Waals surface area (Å²) in [7, 11) is 3.43. The molecule has 0 bridgehead atoms. The monoisotopic (exact) mass is 248 g/mol. The van der Waals surface area contributed by atoms with Crippen LogP contribution < -0.4 is 14.8 Å². The Kier molecular flexibility index (Phi) is 5.47. The number of nitrogens with zero attached hydrogens (tertiary/aromatic N) is 1. The number of ether oxygens (including phenoxy) is 2. The minimum Gasteiger partial charge on any atom is -0.497 e. The molecule has 1 N–H and O–H groups in total. The summed E-state index contributed by atoms with van der Waals surface area (Å²) < 4.78 is 10.7. The Labute approximate surface area is 109 Å².